The molecule has 0 fully saturated rings. The molecule has 8 aromatic rings. The molecule has 2 aliphatic rings. The summed E-state index contributed by atoms with van der Waals surface area (Å²) in [6.45, 7) is 9.36. The number of para-hydroxylation sites is 1. The van der Waals surface area contributed by atoms with Crippen molar-refractivity contribution in [3.63, 3.8) is 0 Å². The third-order valence-corrected chi connectivity index (χ3v) is 12.6. The van der Waals surface area contributed by atoms with E-state index in [0.717, 1.165) is 15.9 Å². The lowest BCUT2D eigenvalue weighted by Crippen LogP contribution is -2.15. The number of hydrogen-bond donors (Lipinski definition) is 1. The van der Waals surface area contributed by atoms with E-state index in [2.05, 4.69) is 165 Å². The lowest BCUT2D eigenvalue weighted by atomic mass is 9.79. The molecule has 55 heavy (non-hydrogen) atoms. The van der Waals surface area contributed by atoms with Crippen LogP contribution < -0.4 is 5.73 Å². The first kappa shape index (κ1) is 37.1. The Morgan fingerprint density at radius 2 is 0.964 bits per heavy atom. The van der Waals surface area contributed by atoms with Crippen LogP contribution in [-0.4, -0.2) is 0 Å². The molecule has 0 saturated carbocycles. The number of rotatable bonds is 2. The summed E-state index contributed by atoms with van der Waals surface area (Å²) in [5.74, 6) is 0. The van der Waals surface area contributed by atoms with E-state index >= 15 is 0 Å². The summed E-state index contributed by atoms with van der Waals surface area (Å²) in [7, 11) is 0. The van der Waals surface area contributed by atoms with Crippen LogP contribution in [0.15, 0.2) is 162 Å². The van der Waals surface area contributed by atoms with Crippen molar-refractivity contribution >= 4 is 66.4 Å². The highest BCUT2D eigenvalue weighted by molar-refractivity contribution is 9.10. The molecule has 0 saturated heterocycles. The van der Waals surface area contributed by atoms with Gasteiger partial charge in [-0.15, -0.1) is 0 Å². The van der Waals surface area contributed by atoms with Crippen LogP contribution in [0.1, 0.15) is 61.1 Å². The smallest absolute Gasteiger partial charge is 0.0635 e. The summed E-state index contributed by atoms with van der Waals surface area (Å²) in [6, 6.07) is 55.4. The maximum Gasteiger partial charge on any atom is 0.0635 e. The molecule has 8 aromatic carbocycles. The minimum atomic E-state index is -0.0119. The second kappa shape index (κ2) is 14.7. The number of anilines is 1. The Bertz CT molecular complexity index is 2720. The van der Waals surface area contributed by atoms with Gasteiger partial charge in [-0.1, -0.05) is 194 Å². The summed E-state index contributed by atoms with van der Waals surface area (Å²) in [5.41, 5.74) is 19.8. The van der Waals surface area contributed by atoms with Crippen molar-refractivity contribution < 1.29 is 0 Å². The molecule has 0 heterocycles. The van der Waals surface area contributed by atoms with Crippen molar-refractivity contribution in [1.29, 1.82) is 0 Å². The Labute approximate surface area is 342 Å². The van der Waals surface area contributed by atoms with Gasteiger partial charge in [0.15, 0.2) is 0 Å². The van der Waals surface area contributed by atoms with Gasteiger partial charge in [-0.25, -0.2) is 0 Å². The number of halogens is 3. The highest BCUT2D eigenvalue weighted by Gasteiger charge is 2.38. The van der Waals surface area contributed by atoms with Gasteiger partial charge in [-0.05, 0) is 114 Å². The van der Waals surface area contributed by atoms with E-state index in [-0.39, 0.29) is 10.8 Å². The molecular formula is C51H42BrCl2N. The van der Waals surface area contributed by atoms with Crippen LogP contribution in [-0.2, 0) is 17.3 Å². The van der Waals surface area contributed by atoms with Crippen LogP contribution >= 0.6 is 39.1 Å². The van der Waals surface area contributed by atoms with Crippen LogP contribution in [0, 0.1) is 0 Å². The van der Waals surface area contributed by atoms with Gasteiger partial charge in [-0.2, -0.15) is 0 Å². The fraction of sp³-hybridized carbons (Fsp3) is 0.137. The lowest BCUT2D eigenvalue weighted by molar-refractivity contribution is 0.665. The molecule has 0 amide bonds. The molecule has 0 bridgehead atoms. The Kier molecular flexibility index (Phi) is 9.88. The van der Waals surface area contributed by atoms with Crippen LogP contribution in [0.5, 0.6) is 0 Å². The van der Waals surface area contributed by atoms with E-state index in [0.29, 0.717) is 10.7 Å². The summed E-state index contributed by atoms with van der Waals surface area (Å²) in [5, 5.41) is 6.84. The largest absolute Gasteiger partial charge is 0.398 e. The standard InChI is InChI=1S/C26H21Cl.C19H15Br.C6H6ClN/c1-26(2)23-16-17(15-19-8-4-6-10-24(19)27)11-13-21(23)22-14-12-18-7-3-5-9-20(18)25(22)26;1-19(2)17-11-13(20)8-10-15(17)16-9-7-12-5-3-4-6-14(12)18(16)19;7-5-3-1-2-4-6(5)8/h3-14,16H,15H2,1-2H3;3-11H,1-2H3;1-4H,8H2. The molecule has 4 heteroatoms. The first-order chi connectivity index (χ1) is 26.4. The van der Waals surface area contributed by atoms with Crippen molar-refractivity contribution in [2.45, 2.75) is 44.9 Å². The van der Waals surface area contributed by atoms with Crippen molar-refractivity contribution in [2.75, 3.05) is 5.73 Å². The average Bonchev–Trinajstić information content (AvgIpc) is 3.56. The predicted octanol–water partition coefficient (Wildman–Crippen LogP) is 15.2. The van der Waals surface area contributed by atoms with Gasteiger partial charge in [0, 0.05) is 20.3 Å². The topological polar surface area (TPSA) is 26.0 Å². The minimum Gasteiger partial charge on any atom is -0.398 e. The SMILES string of the molecule is CC1(C)c2cc(Br)ccc2-c2ccc3ccccc3c21.CC1(C)c2cc(Cc3ccccc3Cl)ccc2-c2ccc3ccccc3c21.Nc1ccccc1Cl. The summed E-state index contributed by atoms with van der Waals surface area (Å²) < 4.78 is 1.15. The predicted molar refractivity (Wildman–Crippen MR) is 241 cm³/mol. The molecule has 0 atom stereocenters. The third kappa shape index (κ3) is 6.76. The molecule has 0 aromatic heterocycles. The van der Waals surface area contributed by atoms with Crippen LogP contribution in [0.25, 0.3) is 43.8 Å². The van der Waals surface area contributed by atoms with Gasteiger partial charge >= 0.3 is 0 Å². The van der Waals surface area contributed by atoms with Gasteiger partial charge < -0.3 is 5.73 Å². The zero-order chi connectivity index (χ0) is 38.5. The van der Waals surface area contributed by atoms with Gasteiger partial charge in [0.2, 0.25) is 0 Å². The molecule has 1 nitrogen and oxygen atoms in total. The molecule has 272 valence electrons. The van der Waals surface area contributed by atoms with Crippen LogP contribution in [0.3, 0.4) is 0 Å². The normalized spacial score (nSPS) is 13.8. The quantitative estimate of drug-likeness (QED) is 0.173. The number of hydrogen-bond acceptors (Lipinski definition) is 1. The van der Waals surface area contributed by atoms with E-state index < -0.39 is 0 Å². The number of fused-ring (bicyclic) bond motifs is 10. The second-order valence-corrected chi connectivity index (χ2v) is 17.3. The molecule has 0 unspecified atom stereocenters. The summed E-state index contributed by atoms with van der Waals surface area (Å²) >= 11 is 15.6. The van der Waals surface area contributed by atoms with Gasteiger partial charge in [-0.3, -0.25) is 0 Å². The molecule has 0 spiro atoms. The van der Waals surface area contributed by atoms with E-state index in [1.165, 1.54) is 77.2 Å². The van der Waals surface area contributed by atoms with Gasteiger partial charge in [0.05, 0.1) is 10.7 Å². The van der Waals surface area contributed by atoms with Gasteiger partial charge in [0.1, 0.15) is 0 Å². The molecule has 2 N–H and O–H groups in total. The van der Waals surface area contributed by atoms with Crippen LogP contribution in [0.4, 0.5) is 5.69 Å². The highest BCUT2D eigenvalue weighted by atomic mass is 79.9. The Hall–Kier alpha value is -4.86. The monoisotopic (exact) mass is 817 g/mol. The van der Waals surface area contributed by atoms with Gasteiger partial charge in [0.25, 0.3) is 0 Å². The molecule has 2 aliphatic carbocycles. The van der Waals surface area contributed by atoms with Crippen molar-refractivity contribution in [1.82, 2.24) is 0 Å². The van der Waals surface area contributed by atoms with E-state index in [9.17, 15) is 0 Å². The zero-order valence-corrected chi connectivity index (χ0v) is 34.5. The van der Waals surface area contributed by atoms with Crippen LogP contribution in [0.2, 0.25) is 10.0 Å². The molecule has 10 rings (SSSR count). The second-order valence-electron chi connectivity index (χ2n) is 15.5. The molecule has 0 aliphatic heterocycles. The fourth-order valence-corrected chi connectivity index (χ4v) is 9.37. The highest BCUT2D eigenvalue weighted by Crippen LogP contribution is 2.53. The number of nitrogen functional groups attached to an aromatic ring is 1. The van der Waals surface area contributed by atoms with Crippen molar-refractivity contribution in [3.8, 4) is 22.3 Å². The minimum absolute atomic E-state index is 0.0119. The third-order valence-electron chi connectivity index (χ3n) is 11.4. The average molecular weight is 820 g/mol. The van der Waals surface area contributed by atoms with Crippen molar-refractivity contribution in [2.24, 2.45) is 0 Å². The summed E-state index contributed by atoms with van der Waals surface area (Å²) in [6.07, 6.45) is 0.861. The molecular weight excluding hydrogens is 777 g/mol. The fourth-order valence-electron chi connectivity index (χ4n) is 8.67. The maximum absolute atomic E-state index is 6.39. The van der Waals surface area contributed by atoms with E-state index in [4.69, 9.17) is 28.9 Å². The Morgan fingerprint density at radius 1 is 0.491 bits per heavy atom. The lowest BCUT2D eigenvalue weighted by Gasteiger charge is -2.23. The first-order valence-corrected chi connectivity index (χ1v) is 20.2. The molecule has 0 radical (unpaired) electrons. The number of benzene rings is 8. The maximum atomic E-state index is 6.39. The number of nitrogens with two attached hydrogens (primary N) is 1. The zero-order valence-electron chi connectivity index (χ0n) is 31.4. The van der Waals surface area contributed by atoms with E-state index in [1.54, 1.807) is 12.1 Å². The summed E-state index contributed by atoms with van der Waals surface area (Å²) in [4.78, 5) is 0. The van der Waals surface area contributed by atoms with E-state index in [1.807, 2.05) is 24.3 Å². The van der Waals surface area contributed by atoms with Crippen molar-refractivity contribution in [3.05, 3.63) is 206 Å². The Morgan fingerprint density at radius 3 is 1.51 bits per heavy atom. The Balaban J connectivity index is 0.000000133. The first-order valence-electron chi connectivity index (χ1n) is 18.7.